The lowest BCUT2D eigenvalue weighted by Crippen LogP contribution is -2.18. The van der Waals surface area contributed by atoms with Crippen LogP contribution in [0, 0.1) is 0 Å². The van der Waals surface area contributed by atoms with Gasteiger partial charge in [0.25, 0.3) is 0 Å². The summed E-state index contributed by atoms with van der Waals surface area (Å²) in [5.74, 6) is 1.38. The van der Waals surface area contributed by atoms with Gasteiger partial charge in [-0.3, -0.25) is 4.79 Å². The number of carbonyl (C=O) groups excluding carboxylic acids is 1. The van der Waals surface area contributed by atoms with E-state index in [1.165, 1.54) is 5.56 Å². The Morgan fingerprint density at radius 3 is 1.24 bits per heavy atom. The smallest absolute Gasteiger partial charge is 0.306 e. The van der Waals surface area contributed by atoms with Gasteiger partial charge in [0.2, 0.25) is 0 Å². The number of phenolic OH excluding ortho intramolecular Hbond substituents is 2. The van der Waals surface area contributed by atoms with Crippen molar-refractivity contribution in [3.05, 3.63) is 70.0 Å². The number of ether oxygens (including phenoxy) is 2. The number of aromatic hydroxyl groups is 2. The minimum atomic E-state index is -0.195. The number of carbonyl (C=O) groups is 1. The topological polar surface area (TPSA) is 76.0 Å². The quantitative estimate of drug-likeness (QED) is 0.123. The van der Waals surface area contributed by atoms with Crippen molar-refractivity contribution in [2.75, 3.05) is 13.2 Å². The van der Waals surface area contributed by atoms with Gasteiger partial charge in [-0.05, 0) is 93.6 Å². The van der Waals surface area contributed by atoms with Crippen LogP contribution < -0.4 is 0 Å². The molecule has 46 heavy (non-hydrogen) atoms. The summed E-state index contributed by atoms with van der Waals surface area (Å²) in [6.07, 6.45) is 6.23. The summed E-state index contributed by atoms with van der Waals surface area (Å²) in [5, 5.41) is 21.9. The molecule has 0 aliphatic rings. The Morgan fingerprint density at radius 2 is 0.891 bits per heavy atom. The minimum absolute atomic E-state index is 0.146. The molecule has 0 unspecified atom stereocenters. The van der Waals surface area contributed by atoms with Gasteiger partial charge in [-0.2, -0.15) is 0 Å². The molecule has 0 atom stereocenters. The summed E-state index contributed by atoms with van der Waals surface area (Å²) >= 11 is 0. The van der Waals surface area contributed by atoms with Gasteiger partial charge in [-0.25, -0.2) is 0 Å². The molecular weight excluding hydrogens is 572 g/mol. The van der Waals surface area contributed by atoms with Gasteiger partial charge in [0, 0.05) is 12.8 Å². The number of hydrogen-bond acceptors (Lipinski definition) is 5. The molecule has 0 amide bonds. The maximum atomic E-state index is 12.5. The molecule has 0 spiro atoms. The lowest BCUT2D eigenvalue weighted by Gasteiger charge is -2.28. The highest BCUT2D eigenvalue weighted by atomic mass is 16.5. The Bertz CT molecular complexity index is 1150. The summed E-state index contributed by atoms with van der Waals surface area (Å²) < 4.78 is 11.4. The van der Waals surface area contributed by atoms with E-state index in [1.54, 1.807) is 0 Å². The second-order valence-corrected chi connectivity index (χ2v) is 17.1. The number of benzene rings is 2. The van der Waals surface area contributed by atoms with Gasteiger partial charge in [0.15, 0.2) is 0 Å². The van der Waals surface area contributed by atoms with Crippen molar-refractivity contribution in [2.45, 2.75) is 156 Å². The highest BCUT2D eigenvalue weighted by Crippen LogP contribution is 2.41. The van der Waals surface area contributed by atoms with Gasteiger partial charge in [0.1, 0.15) is 11.5 Å². The first-order valence-corrected chi connectivity index (χ1v) is 17.2. The molecule has 0 fully saturated rings. The molecule has 0 radical (unpaired) electrons. The van der Waals surface area contributed by atoms with Crippen LogP contribution in [0.15, 0.2) is 36.6 Å². The summed E-state index contributed by atoms with van der Waals surface area (Å²) in [7, 11) is 0. The third-order valence-corrected chi connectivity index (χ3v) is 8.49. The SMILES string of the molecule is C=C(CCc1cc(C(C)(C)C)c(O)c(C(C)(C)C)c1)OCCCCCCOC(=O)CCc1cc(C(C)(C)C)c(O)c(C(C)(C)C)c1. The molecule has 0 aliphatic carbocycles. The molecule has 2 rings (SSSR count). The molecule has 2 aromatic carbocycles. The van der Waals surface area contributed by atoms with Crippen molar-refractivity contribution < 1.29 is 24.5 Å². The minimum Gasteiger partial charge on any atom is -0.507 e. The van der Waals surface area contributed by atoms with Gasteiger partial charge >= 0.3 is 5.97 Å². The molecule has 2 N–H and O–H groups in total. The van der Waals surface area contributed by atoms with Crippen LogP contribution in [0.4, 0.5) is 0 Å². The van der Waals surface area contributed by atoms with E-state index >= 15 is 0 Å². The molecule has 0 saturated carbocycles. The van der Waals surface area contributed by atoms with Crippen LogP contribution in [0.3, 0.4) is 0 Å². The maximum absolute atomic E-state index is 12.5. The Kier molecular flexibility index (Phi) is 13.4. The summed E-state index contributed by atoms with van der Waals surface area (Å²) in [4.78, 5) is 12.5. The third-order valence-electron chi connectivity index (χ3n) is 8.49. The molecule has 2 aromatic rings. The van der Waals surface area contributed by atoms with Crippen LogP contribution in [0.5, 0.6) is 11.5 Å². The largest absolute Gasteiger partial charge is 0.507 e. The summed E-state index contributed by atoms with van der Waals surface area (Å²) in [6.45, 7) is 30.6. The van der Waals surface area contributed by atoms with E-state index in [9.17, 15) is 15.0 Å². The fourth-order valence-corrected chi connectivity index (χ4v) is 5.60. The highest BCUT2D eigenvalue weighted by Gasteiger charge is 2.28. The van der Waals surface area contributed by atoms with Crippen molar-refractivity contribution in [3.8, 4) is 11.5 Å². The number of unbranched alkanes of at least 4 members (excludes halogenated alkanes) is 3. The maximum Gasteiger partial charge on any atom is 0.306 e. The molecule has 0 aromatic heterocycles. The van der Waals surface area contributed by atoms with Gasteiger partial charge < -0.3 is 19.7 Å². The second-order valence-electron chi connectivity index (χ2n) is 17.1. The van der Waals surface area contributed by atoms with Crippen LogP contribution in [0.25, 0.3) is 0 Å². The first-order valence-electron chi connectivity index (χ1n) is 17.2. The Balaban J connectivity index is 1.71. The number of rotatable bonds is 14. The van der Waals surface area contributed by atoms with Crippen molar-refractivity contribution in [1.29, 1.82) is 0 Å². The van der Waals surface area contributed by atoms with E-state index in [2.05, 4.69) is 102 Å². The number of aryl methyl sites for hydroxylation is 2. The Morgan fingerprint density at radius 1 is 0.565 bits per heavy atom. The van der Waals surface area contributed by atoms with Gasteiger partial charge in [-0.1, -0.05) is 114 Å². The monoisotopic (exact) mass is 636 g/mol. The van der Waals surface area contributed by atoms with Crippen molar-refractivity contribution in [1.82, 2.24) is 0 Å². The normalized spacial score (nSPS) is 12.7. The lowest BCUT2D eigenvalue weighted by molar-refractivity contribution is -0.143. The summed E-state index contributed by atoms with van der Waals surface area (Å²) in [5.41, 5.74) is 5.36. The average molecular weight is 637 g/mol. The number of hydrogen-bond donors (Lipinski definition) is 2. The number of esters is 1. The molecule has 0 bridgehead atoms. The number of allylic oxidation sites excluding steroid dienone is 1. The molecule has 0 saturated heterocycles. The van der Waals surface area contributed by atoms with E-state index in [1.807, 2.05) is 12.1 Å². The average Bonchev–Trinajstić information content (AvgIpc) is 2.90. The molecule has 258 valence electrons. The van der Waals surface area contributed by atoms with Crippen LogP contribution in [0.2, 0.25) is 0 Å². The fourth-order valence-electron chi connectivity index (χ4n) is 5.60. The standard InChI is InChI=1S/C41H64O5/c1-28(18-19-29-24-31(38(2,3)4)36(43)32(25-29)39(5,6)7)45-22-16-14-15-17-23-46-35(42)21-20-30-26-33(40(8,9)10)37(44)34(27-30)41(11,12)13/h24-27,43-44H,1,14-23H2,2-13H3. The Labute approximate surface area is 280 Å². The van der Waals surface area contributed by atoms with Crippen molar-refractivity contribution >= 4 is 5.97 Å². The van der Waals surface area contributed by atoms with Crippen LogP contribution >= 0.6 is 0 Å². The fraction of sp³-hybridized carbons (Fsp3) is 0.634. The van der Waals surface area contributed by atoms with E-state index in [0.717, 1.165) is 72.1 Å². The molecule has 0 heterocycles. The van der Waals surface area contributed by atoms with Gasteiger partial charge in [0.05, 0.1) is 19.0 Å². The van der Waals surface area contributed by atoms with E-state index < -0.39 is 0 Å². The molecule has 5 nitrogen and oxygen atoms in total. The summed E-state index contributed by atoms with van der Waals surface area (Å²) in [6, 6.07) is 8.33. The van der Waals surface area contributed by atoms with E-state index in [-0.39, 0.29) is 27.6 Å². The molecule has 5 heteroatoms. The van der Waals surface area contributed by atoms with Crippen LogP contribution in [-0.2, 0) is 48.8 Å². The first-order chi connectivity index (χ1) is 21.0. The van der Waals surface area contributed by atoms with Crippen LogP contribution in [0.1, 0.15) is 155 Å². The Hall–Kier alpha value is -2.95. The second kappa shape index (κ2) is 15.8. The van der Waals surface area contributed by atoms with E-state index in [4.69, 9.17) is 9.47 Å². The predicted octanol–water partition coefficient (Wildman–Crippen LogP) is 10.5. The van der Waals surface area contributed by atoms with Gasteiger partial charge in [-0.15, -0.1) is 0 Å². The predicted molar refractivity (Wildman–Crippen MR) is 192 cm³/mol. The van der Waals surface area contributed by atoms with Crippen LogP contribution in [-0.4, -0.2) is 29.4 Å². The molecular formula is C41H64O5. The highest BCUT2D eigenvalue weighted by molar-refractivity contribution is 5.69. The van der Waals surface area contributed by atoms with Crippen molar-refractivity contribution in [2.24, 2.45) is 0 Å². The molecule has 0 aliphatic heterocycles. The lowest BCUT2D eigenvalue weighted by atomic mass is 9.78. The van der Waals surface area contributed by atoms with Crippen molar-refractivity contribution in [3.63, 3.8) is 0 Å². The first kappa shape index (κ1) is 39.2. The number of phenols is 2. The zero-order chi connectivity index (χ0) is 35.1. The zero-order valence-corrected chi connectivity index (χ0v) is 31.2. The third kappa shape index (κ3) is 12.0. The zero-order valence-electron chi connectivity index (χ0n) is 31.2. The van der Waals surface area contributed by atoms with E-state index in [0.29, 0.717) is 37.6 Å².